The molecule has 0 aromatic heterocycles. The van der Waals surface area contributed by atoms with Crippen LogP contribution in [0.15, 0.2) is 223 Å². The van der Waals surface area contributed by atoms with Crippen LogP contribution in [-0.4, -0.2) is 0 Å². The highest BCUT2D eigenvalue weighted by molar-refractivity contribution is 5.58. The molecule has 9 aromatic carbocycles. The molecule has 0 nitrogen and oxygen atoms in total. The van der Waals surface area contributed by atoms with E-state index in [-0.39, 0.29) is 16.7 Å². The maximum Gasteiger partial charge on any atom is 0.417 e. The zero-order valence-electron chi connectivity index (χ0n) is 58.1. The summed E-state index contributed by atoms with van der Waals surface area (Å²) in [7, 11) is 0. The van der Waals surface area contributed by atoms with Crippen LogP contribution in [0.5, 0.6) is 0 Å². The van der Waals surface area contributed by atoms with Gasteiger partial charge in [0.05, 0.1) is 50.1 Å². The Hall–Kier alpha value is -11.7. The molecule has 33 heteroatoms. The largest absolute Gasteiger partial charge is 0.417 e. The molecule has 0 amide bonds. The lowest BCUT2D eigenvalue weighted by molar-refractivity contribution is -0.162. The number of hydrogen-bond acceptors (Lipinski definition) is 0. The van der Waals surface area contributed by atoms with Gasteiger partial charge in [0.1, 0.15) is 0 Å². The van der Waals surface area contributed by atoms with E-state index < -0.39 is 157 Å². The minimum atomic E-state index is -5.06. The average molecular weight is 1660 g/mol. The third-order valence-corrected chi connectivity index (χ3v) is 13.7. The standard InChI is InChI=1S/2C10H6F6.C10H9F3.3C9H7F3.C8H3F5.2C8H6F2/c1-2-6-3-4-7(9(11,12)13)8(5-6)10(14,15)16;1-2-6-4-3-5-7(9(11,12)13)8(6)10(14,15)16;1-3-8-4-7(2)5-9(6-8)10(11,12)13;1-2-7-3-5-8(6-4-7)9(10,11)12;1-2-7-4-3-5-8(6-7)9(10,11)12;1-2-7-5-3-4-6-8(7)9(10,11)12;1-2-3-4(9)6(11)8(13)7(12)5(3)10;1-2-6-3-4-7(9)8(10)5-6;1-2-6-4-3-5-7(9)8(6)10/h2*2-5H,1H2;3-6H,1H2,2H3;3*2-6H,1H2;2H,1H2;2*2-5H,1H2. The van der Waals surface area contributed by atoms with Crippen molar-refractivity contribution in [2.45, 2.75) is 56.3 Å². The van der Waals surface area contributed by atoms with Gasteiger partial charge in [-0.3, -0.25) is 0 Å². The van der Waals surface area contributed by atoms with E-state index in [0.717, 1.165) is 91.0 Å². The summed E-state index contributed by atoms with van der Waals surface area (Å²) < 4.78 is 406. The van der Waals surface area contributed by atoms with Gasteiger partial charge in [0.15, 0.2) is 46.5 Å². The number of aryl methyl sites for hydroxylation is 1. The van der Waals surface area contributed by atoms with E-state index in [1.54, 1.807) is 25.1 Å². The maximum absolute atomic E-state index is 12.6. The predicted octanol–water partition coefficient (Wildman–Crippen LogP) is 30.7. The van der Waals surface area contributed by atoms with Gasteiger partial charge in [0.2, 0.25) is 5.82 Å². The molecule has 0 radical (unpaired) electrons. The van der Waals surface area contributed by atoms with E-state index in [1.807, 2.05) is 0 Å². The average Bonchev–Trinajstić information content (AvgIpc) is 0.788. The highest BCUT2D eigenvalue weighted by atomic mass is 19.4. The van der Waals surface area contributed by atoms with Crippen molar-refractivity contribution in [3.63, 3.8) is 0 Å². The molecular formula is C81H57F33. The molecule has 0 saturated carbocycles. The monoisotopic (exact) mass is 1660 g/mol. The van der Waals surface area contributed by atoms with E-state index in [0.29, 0.717) is 52.1 Å². The first-order valence-electron chi connectivity index (χ1n) is 30.7. The van der Waals surface area contributed by atoms with Crippen LogP contribution < -0.4 is 0 Å². The Morgan fingerprint density at radius 2 is 0.605 bits per heavy atom. The summed E-state index contributed by atoms with van der Waals surface area (Å²) in [6.07, 6.45) is -26.6. The van der Waals surface area contributed by atoms with E-state index in [2.05, 4.69) is 59.2 Å². The molecule has 0 saturated heterocycles. The SMILES string of the molecule is C=Cc1c(F)c(F)c(F)c(F)c1F.C=Cc1cc(C)cc(C(F)(F)F)c1.C=Cc1ccc(C(F)(F)F)c(C(F)(F)F)c1.C=Cc1ccc(C(F)(F)F)cc1.C=Cc1ccc(F)c(F)c1.C=Cc1cccc(C(F)(F)F)c1.C=Cc1cccc(C(F)(F)F)c1C(F)(F)F.C=Cc1cccc(F)c1F.C=Cc1ccccc1C(F)(F)F. The summed E-state index contributed by atoms with van der Waals surface area (Å²) in [6.45, 7) is 31.1. The Balaban J connectivity index is 0.000000644. The first-order chi connectivity index (χ1) is 52.4. The Kier molecular flexibility index (Phi) is 38.2. The molecule has 0 bridgehead atoms. The van der Waals surface area contributed by atoms with Gasteiger partial charge in [-0.15, -0.1) is 0 Å². The molecule has 0 unspecified atom stereocenters. The van der Waals surface area contributed by atoms with Crippen LogP contribution in [0.1, 0.15) is 100 Å². The van der Waals surface area contributed by atoms with Crippen LogP contribution in [-0.2, 0) is 49.4 Å². The van der Waals surface area contributed by atoms with Gasteiger partial charge in [-0.25, -0.2) is 39.5 Å². The topological polar surface area (TPSA) is 0 Å². The highest BCUT2D eigenvalue weighted by Gasteiger charge is 2.45. The summed E-state index contributed by atoms with van der Waals surface area (Å²) in [5.41, 5.74) is -7.79. The highest BCUT2D eigenvalue weighted by Crippen LogP contribution is 2.44. The van der Waals surface area contributed by atoms with Crippen LogP contribution in [0.3, 0.4) is 0 Å². The van der Waals surface area contributed by atoms with Gasteiger partial charge in [-0.05, 0) is 130 Å². The number of benzene rings is 9. The Morgan fingerprint density at radius 3 is 1.02 bits per heavy atom. The second-order valence-corrected chi connectivity index (χ2v) is 21.7. The third-order valence-electron chi connectivity index (χ3n) is 13.7. The Morgan fingerprint density at radius 1 is 0.219 bits per heavy atom. The van der Waals surface area contributed by atoms with Crippen molar-refractivity contribution in [3.05, 3.63) is 375 Å². The first-order valence-corrected chi connectivity index (χ1v) is 30.7. The number of hydrogen-bond donors (Lipinski definition) is 0. The molecule has 0 heterocycles. The molecule has 0 aliphatic heterocycles. The number of alkyl halides is 24. The second-order valence-electron chi connectivity index (χ2n) is 21.7. The van der Waals surface area contributed by atoms with Crippen molar-refractivity contribution in [1.82, 2.24) is 0 Å². The predicted molar refractivity (Wildman–Crippen MR) is 373 cm³/mol. The summed E-state index contributed by atoms with van der Waals surface area (Å²) in [6, 6.07) is 30.7. The molecule has 9 aromatic rings. The zero-order chi connectivity index (χ0) is 88.0. The Labute approximate surface area is 629 Å². The van der Waals surface area contributed by atoms with Crippen LogP contribution in [0.25, 0.3) is 54.7 Å². The van der Waals surface area contributed by atoms with Crippen LogP contribution in [0.2, 0.25) is 0 Å². The summed E-state index contributed by atoms with van der Waals surface area (Å²) >= 11 is 0. The van der Waals surface area contributed by atoms with Crippen molar-refractivity contribution >= 4 is 54.7 Å². The molecule has 0 fully saturated rings. The van der Waals surface area contributed by atoms with E-state index in [4.69, 9.17) is 0 Å². The summed E-state index contributed by atoms with van der Waals surface area (Å²) in [5, 5.41) is 0. The van der Waals surface area contributed by atoms with Gasteiger partial charge in [0.25, 0.3) is 0 Å². The zero-order valence-corrected chi connectivity index (χ0v) is 58.1. The van der Waals surface area contributed by atoms with Crippen molar-refractivity contribution in [3.8, 4) is 0 Å². The van der Waals surface area contributed by atoms with Crippen LogP contribution >= 0.6 is 0 Å². The lowest BCUT2D eigenvalue weighted by Crippen LogP contribution is -2.17. The molecule has 0 spiro atoms. The minimum absolute atomic E-state index is 0.0136. The van der Waals surface area contributed by atoms with Crippen LogP contribution in [0.4, 0.5) is 145 Å². The number of halogens is 33. The fraction of sp³-hybridized carbons (Fsp3) is 0.111. The van der Waals surface area contributed by atoms with Gasteiger partial charge >= 0.3 is 49.4 Å². The van der Waals surface area contributed by atoms with Crippen molar-refractivity contribution in [1.29, 1.82) is 0 Å². The van der Waals surface area contributed by atoms with Gasteiger partial charge in [-0.2, -0.15) is 105 Å². The quantitative estimate of drug-likeness (QED) is 0.0768. The summed E-state index contributed by atoms with van der Waals surface area (Å²) in [4.78, 5) is 0. The van der Waals surface area contributed by atoms with Crippen LogP contribution in [0, 0.1) is 59.3 Å². The molecule has 9 rings (SSSR count). The molecule has 0 aliphatic carbocycles. The summed E-state index contributed by atoms with van der Waals surface area (Å²) in [5.74, 6) is -13.2. The van der Waals surface area contributed by atoms with Gasteiger partial charge in [0, 0.05) is 5.56 Å². The second kappa shape index (κ2) is 43.4. The third kappa shape index (κ3) is 32.2. The van der Waals surface area contributed by atoms with E-state index >= 15 is 0 Å². The lowest BCUT2D eigenvalue weighted by atomic mass is 10.00. The van der Waals surface area contributed by atoms with Crippen molar-refractivity contribution < 1.29 is 145 Å². The fourth-order valence-electron chi connectivity index (χ4n) is 8.26. The normalized spacial score (nSPS) is 11.2. The van der Waals surface area contributed by atoms with E-state index in [1.165, 1.54) is 85.0 Å². The minimum Gasteiger partial charge on any atom is -0.204 e. The maximum atomic E-state index is 12.6. The first kappa shape index (κ1) is 100. The van der Waals surface area contributed by atoms with Gasteiger partial charge < -0.3 is 0 Å². The van der Waals surface area contributed by atoms with Gasteiger partial charge in [-0.1, -0.05) is 199 Å². The smallest absolute Gasteiger partial charge is 0.204 e. The molecule has 0 aliphatic rings. The lowest BCUT2D eigenvalue weighted by Gasteiger charge is -2.17. The van der Waals surface area contributed by atoms with Crippen molar-refractivity contribution in [2.75, 3.05) is 0 Å². The number of rotatable bonds is 9. The molecule has 0 atom stereocenters. The molecule has 0 N–H and O–H groups in total. The molecule has 612 valence electrons. The fourth-order valence-corrected chi connectivity index (χ4v) is 8.26. The molecule has 114 heavy (non-hydrogen) atoms. The van der Waals surface area contributed by atoms with E-state index in [9.17, 15) is 145 Å². The Bertz CT molecular complexity index is 4680. The van der Waals surface area contributed by atoms with Crippen molar-refractivity contribution in [2.24, 2.45) is 0 Å². The molecular weight excluding hydrogens is 1600 g/mol.